The summed E-state index contributed by atoms with van der Waals surface area (Å²) >= 11 is 0. The smallest absolute Gasteiger partial charge is 0.238 e. The van der Waals surface area contributed by atoms with Crippen LogP contribution >= 0.6 is 0 Å². The normalized spacial score (nSPS) is 26.3. The molecule has 0 saturated carbocycles. The standard InChI is InChI=1S/C24H15F2NO2/c25-12-9-13(26)11-14(10-12)27-23(28)21-19-15-5-1-2-6-16(15)20(22(21)24(27)29)18-8-4-3-7-17(18)19/h1-11,19-22H/t19?,20?,21-,22+. The summed E-state index contributed by atoms with van der Waals surface area (Å²) in [6.45, 7) is 0. The minimum atomic E-state index is -0.815. The average molecular weight is 387 g/mol. The van der Waals surface area contributed by atoms with Gasteiger partial charge in [0.1, 0.15) is 11.6 Å². The van der Waals surface area contributed by atoms with Crippen molar-refractivity contribution in [1.29, 1.82) is 0 Å². The lowest BCUT2D eigenvalue weighted by Crippen LogP contribution is -2.41. The Morgan fingerprint density at radius 2 is 1.00 bits per heavy atom. The summed E-state index contributed by atoms with van der Waals surface area (Å²) in [4.78, 5) is 27.9. The van der Waals surface area contributed by atoms with Crippen LogP contribution in [0.3, 0.4) is 0 Å². The van der Waals surface area contributed by atoms with Gasteiger partial charge in [0.05, 0.1) is 17.5 Å². The zero-order valence-electron chi connectivity index (χ0n) is 15.2. The summed E-state index contributed by atoms with van der Waals surface area (Å²) in [7, 11) is 0. The Labute approximate surface area is 165 Å². The molecule has 3 aromatic carbocycles. The number of hydrogen-bond acceptors (Lipinski definition) is 2. The number of benzene rings is 3. The van der Waals surface area contributed by atoms with Crippen LogP contribution < -0.4 is 4.90 Å². The third kappa shape index (κ3) is 2.05. The predicted molar refractivity (Wildman–Crippen MR) is 102 cm³/mol. The highest BCUT2D eigenvalue weighted by molar-refractivity contribution is 6.23. The van der Waals surface area contributed by atoms with E-state index in [4.69, 9.17) is 0 Å². The van der Waals surface area contributed by atoms with Crippen LogP contribution in [0.2, 0.25) is 0 Å². The third-order valence-corrected chi connectivity index (χ3v) is 6.55. The molecule has 0 unspecified atom stereocenters. The fourth-order valence-corrected chi connectivity index (χ4v) is 5.60. The number of halogens is 2. The first kappa shape index (κ1) is 16.6. The quantitative estimate of drug-likeness (QED) is 0.582. The average Bonchev–Trinajstić information content (AvgIpc) is 2.98. The van der Waals surface area contributed by atoms with Gasteiger partial charge in [0.25, 0.3) is 0 Å². The molecule has 1 fully saturated rings. The van der Waals surface area contributed by atoms with E-state index in [2.05, 4.69) is 0 Å². The van der Waals surface area contributed by atoms with E-state index in [1.165, 1.54) is 0 Å². The number of nitrogens with zero attached hydrogens (tertiary/aromatic N) is 1. The van der Waals surface area contributed by atoms with Crippen LogP contribution in [0.4, 0.5) is 14.5 Å². The maximum Gasteiger partial charge on any atom is 0.238 e. The van der Waals surface area contributed by atoms with E-state index in [1.54, 1.807) is 0 Å². The van der Waals surface area contributed by atoms with Crippen molar-refractivity contribution in [2.24, 2.45) is 11.8 Å². The molecule has 1 saturated heterocycles. The molecule has 2 atom stereocenters. The number of carbonyl (C=O) groups excluding carboxylic acids is 2. The zero-order valence-corrected chi connectivity index (χ0v) is 15.2. The maximum atomic E-state index is 13.8. The number of imide groups is 1. The minimum Gasteiger partial charge on any atom is -0.274 e. The molecule has 0 N–H and O–H groups in total. The van der Waals surface area contributed by atoms with E-state index < -0.39 is 23.5 Å². The Bertz CT molecular complexity index is 1090. The molecule has 2 bridgehead atoms. The molecule has 0 radical (unpaired) electrons. The van der Waals surface area contributed by atoms with Gasteiger partial charge in [0.15, 0.2) is 0 Å². The van der Waals surface area contributed by atoms with Crippen LogP contribution in [0.25, 0.3) is 0 Å². The van der Waals surface area contributed by atoms with Crippen molar-refractivity contribution in [2.75, 3.05) is 4.90 Å². The molecular weight excluding hydrogens is 372 g/mol. The molecular formula is C24H15F2NO2. The lowest BCUT2D eigenvalue weighted by Gasteiger charge is -2.45. The lowest BCUT2D eigenvalue weighted by molar-refractivity contribution is -0.122. The molecule has 1 aliphatic heterocycles. The Kier molecular flexibility index (Phi) is 3.20. The summed E-state index contributed by atoms with van der Waals surface area (Å²) in [5.41, 5.74) is 4.20. The van der Waals surface area contributed by atoms with Crippen molar-refractivity contribution in [3.8, 4) is 0 Å². The highest BCUT2D eigenvalue weighted by Crippen LogP contribution is 2.61. The maximum absolute atomic E-state index is 13.8. The summed E-state index contributed by atoms with van der Waals surface area (Å²) in [5.74, 6) is -4.01. The van der Waals surface area contributed by atoms with E-state index in [-0.39, 0.29) is 29.3 Å². The second-order valence-electron chi connectivity index (χ2n) is 7.90. The highest BCUT2D eigenvalue weighted by atomic mass is 19.1. The van der Waals surface area contributed by atoms with Gasteiger partial charge in [-0.2, -0.15) is 0 Å². The molecule has 5 heteroatoms. The number of hydrogen-bond donors (Lipinski definition) is 0. The van der Waals surface area contributed by atoms with Crippen molar-refractivity contribution in [1.82, 2.24) is 0 Å². The first-order chi connectivity index (χ1) is 14.1. The van der Waals surface area contributed by atoms with Gasteiger partial charge in [0, 0.05) is 17.9 Å². The zero-order chi connectivity index (χ0) is 19.9. The van der Waals surface area contributed by atoms with Crippen molar-refractivity contribution in [3.05, 3.63) is 101 Å². The fraction of sp³-hybridized carbons (Fsp3) is 0.167. The predicted octanol–water partition coefficient (Wildman–Crippen LogP) is 4.36. The molecule has 4 aliphatic rings. The number of rotatable bonds is 1. The third-order valence-electron chi connectivity index (χ3n) is 6.55. The van der Waals surface area contributed by atoms with Gasteiger partial charge >= 0.3 is 0 Å². The lowest BCUT2D eigenvalue weighted by atomic mass is 9.55. The summed E-state index contributed by atoms with van der Waals surface area (Å²) in [6, 6.07) is 18.6. The molecule has 0 aromatic heterocycles. The molecule has 3 aliphatic carbocycles. The van der Waals surface area contributed by atoms with Crippen LogP contribution in [0.15, 0.2) is 66.7 Å². The second kappa shape index (κ2) is 5.60. The Hall–Kier alpha value is -3.34. The molecule has 3 nitrogen and oxygen atoms in total. The first-order valence-electron chi connectivity index (χ1n) is 9.58. The van der Waals surface area contributed by atoms with E-state index in [0.717, 1.165) is 45.4 Å². The fourth-order valence-electron chi connectivity index (χ4n) is 5.60. The number of anilines is 1. The molecule has 29 heavy (non-hydrogen) atoms. The van der Waals surface area contributed by atoms with E-state index >= 15 is 0 Å². The van der Waals surface area contributed by atoms with Gasteiger partial charge in [-0.15, -0.1) is 0 Å². The number of carbonyl (C=O) groups is 2. The SMILES string of the molecule is O=C1[C@@H]2C3c4ccccc4C(c4ccccc43)[C@@H]2C(=O)N1c1cc(F)cc(F)c1. The van der Waals surface area contributed by atoms with Gasteiger partial charge in [-0.3, -0.25) is 9.59 Å². The van der Waals surface area contributed by atoms with E-state index in [9.17, 15) is 18.4 Å². The Morgan fingerprint density at radius 3 is 1.38 bits per heavy atom. The molecule has 0 spiro atoms. The van der Waals surface area contributed by atoms with Crippen molar-refractivity contribution >= 4 is 17.5 Å². The van der Waals surface area contributed by atoms with Gasteiger partial charge < -0.3 is 0 Å². The second-order valence-corrected chi connectivity index (χ2v) is 7.90. The molecule has 1 heterocycles. The van der Waals surface area contributed by atoms with E-state index in [1.807, 2.05) is 48.5 Å². The van der Waals surface area contributed by atoms with E-state index in [0.29, 0.717) is 0 Å². The Balaban J connectivity index is 1.57. The summed E-state index contributed by atoms with van der Waals surface area (Å²) in [5, 5.41) is 0. The largest absolute Gasteiger partial charge is 0.274 e. The van der Waals surface area contributed by atoms with Gasteiger partial charge in [-0.25, -0.2) is 13.7 Å². The van der Waals surface area contributed by atoms with Gasteiger partial charge in [0.2, 0.25) is 11.8 Å². The summed E-state index contributed by atoms with van der Waals surface area (Å²) < 4.78 is 27.6. The monoisotopic (exact) mass is 387 g/mol. The van der Waals surface area contributed by atoms with Crippen LogP contribution in [0.5, 0.6) is 0 Å². The highest BCUT2D eigenvalue weighted by Gasteiger charge is 2.61. The molecule has 142 valence electrons. The first-order valence-corrected chi connectivity index (χ1v) is 9.58. The van der Waals surface area contributed by atoms with Crippen molar-refractivity contribution in [3.63, 3.8) is 0 Å². The van der Waals surface area contributed by atoms with Gasteiger partial charge in [-0.05, 0) is 34.4 Å². The minimum absolute atomic E-state index is 0.0422. The van der Waals surface area contributed by atoms with Crippen molar-refractivity contribution in [2.45, 2.75) is 11.8 Å². The van der Waals surface area contributed by atoms with Crippen LogP contribution in [0.1, 0.15) is 34.1 Å². The number of amides is 2. The van der Waals surface area contributed by atoms with Crippen LogP contribution in [0, 0.1) is 23.5 Å². The topological polar surface area (TPSA) is 37.4 Å². The molecule has 2 amide bonds. The Morgan fingerprint density at radius 1 is 0.621 bits per heavy atom. The van der Waals surface area contributed by atoms with Crippen LogP contribution in [-0.4, -0.2) is 11.8 Å². The summed E-state index contributed by atoms with van der Waals surface area (Å²) in [6.07, 6.45) is 0. The van der Waals surface area contributed by atoms with Crippen LogP contribution in [-0.2, 0) is 9.59 Å². The van der Waals surface area contributed by atoms with Gasteiger partial charge in [-0.1, -0.05) is 48.5 Å². The van der Waals surface area contributed by atoms with Crippen molar-refractivity contribution < 1.29 is 18.4 Å². The molecule has 3 aromatic rings. The molecule has 7 rings (SSSR count).